The zero-order valence-electron chi connectivity index (χ0n) is 16.6. The van der Waals surface area contributed by atoms with Crippen LogP contribution in [-0.4, -0.2) is 29.0 Å². The summed E-state index contributed by atoms with van der Waals surface area (Å²) in [5.74, 6) is -2.91. The van der Waals surface area contributed by atoms with E-state index in [9.17, 15) is 19.5 Å². The largest absolute Gasteiger partial charge is 0.478 e. The first-order chi connectivity index (χ1) is 15.5. The molecule has 0 bridgehead atoms. The Bertz CT molecular complexity index is 1210. The number of carbonyl (C=O) groups excluding carboxylic acids is 2. The molecule has 0 radical (unpaired) electrons. The van der Waals surface area contributed by atoms with Gasteiger partial charge in [-0.05, 0) is 48.0 Å². The number of imide groups is 1. The van der Waals surface area contributed by atoms with Gasteiger partial charge in [0.25, 0.3) is 5.91 Å². The number of aromatic carboxylic acids is 1. The molecule has 1 N–H and O–H groups in total. The predicted octanol–water partition coefficient (Wildman–Crippen LogP) is 4.20. The van der Waals surface area contributed by atoms with Crippen LogP contribution in [0, 0.1) is 5.92 Å². The van der Waals surface area contributed by atoms with E-state index in [1.807, 2.05) is 18.2 Å². The molecule has 0 saturated carbocycles. The normalized spacial score (nSPS) is 22.3. The van der Waals surface area contributed by atoms with Crippen molar-refractivity contribution in [1.82, 2.24) is 0 Å². The highest BCUT2D eigenvalue weighted by Gasteiger charge is 2.60. The highest BCUT2D eigenvalue weighted by atomic mass is 79.9. The van der Waals surface area contributed by atoms with Crippen LogP contribution in [0.15, 0.2) is 83.3 Å². The minimum atomic E-state index is -1.11. The zero-order valence-corrected chi connectivity index (χ0v) is 18.2. The second-order valence-corrected chi connectivity index (χ2v) is 8.45. The van der Waals surface area contributed by atoms with Crippen molar-refractivity contribution in [1.29, 1.82) is 0 Å². The number of anilines is 2. The molecule has 160 valence electrons. The van der Waals surface area contributed by atoms with Crippen LogP contribution in [-0.2, 0) is 14.4 Å². The minimum absolute atomic E-state index is 0.0602. The van der Waals surface area contributed by atoms with Gasteiger partial charge in [-0.2, -0.15) is 0 Å². The van der Waals surface area contributed by atoms with Crippen molar-refractivity contribution >= 4 is 45.1 Å². The maximum atomic E-state index is 13.6. The van der Waals surface area contributed by atoms with Crippen LogP contribution < -0.4 is 9.96 Å². The van der Waals surface area contributed by atoms with Crippen molar-refractivity contribution in [2.24, 2.45) is 5.92 Å². The molecule has 8 heteroatoms. The maximum Gasteiger partial charge on any atom is 0.336 e. The van der Waals surface area contributed by atoms with Gasteiger partial charge >= 0.3 is 5.97 Å². The molecule has 0 aliphatic carbocycles. The van der Waals surface area contributed by atoms with E-state index in [4.69, 9.17) is 4.84 Å². The molecule has 2 amide bonds. The lowest BCUT2D eigenvalue weighted by Gasteiger charge is -2.29. The van der Waals surface area contributed by atoms with Gasteiger partial charge in [0.15, 0.2) is 6.10 Å². The second kappa shape index (κ2) is 7.89. The number of benzene rings is 3. The summed E-state index contributed by atoms with van der Waals surface area (Å²) in [6.45, 7) is 0. The smallest absolute Gasteiger partial charge is 0.336 e. The molecule has 2 fully saturated rings. The Kier molecular flexibility index (Phi) is 5.03. The number of carbonyl (C=O) groups is 3. The molecule has 3 aromatic carbocycles. The summed E-state index contributed by atoms with van der Waals surface area (Å²) >= 11 is 3.35. The van der Waals surface area contributed by atoms with Crippen molar-refractivity contribution < 1.29 is 24.3 Å². The molecule has 3 aromatic rings. The Morgan fingerprint density at radius 2 is 1.50 bits per heavy atom. The van der Waals surface area contributed by atoms with Gasteiger partial charge in [-0.25, -0.2) is 14.8 Å². The summed E-state index contributed by atoms with van der Waals surface area (Å²) in [6.07, 6.45) is -1.06. The van der Waals surface area contributed by atoms with Crippen LogP contribution in [0.1, 0.15) is 22.0 Å². The van der Waals surface area contributed by atoms with Gasteiger partial charge in [-0.15, -0.1) is 0 Å². The SMILES string of the molecule is O=C(O)c1ccccc1[C@H]1[C@H]2C(=O)N(c3ccc(Br)cc3)C(=O)[C@H]2ON1c1ccccc1. The molecular weight excluding hydrogens is 476 g/mol. The molecule has 7 nitrogen and oxygen atoms in total. The Hall–Kier alpha value is -3.49. The molecular formula is C24H17BrN2O5. The first-order valence-electron chi connectivity index (χ1n) is 9.94. The third-order valence-electron chi connectivity index (χ3n) is 5.72. The van der Waals surface area contributed by atoms with E-state index >= 15 is 0 Å². The van der Waals surface area contributed by atoms with Crippen LogP contribution in [0.3, 0.4) is 0 Å². The Morgan fingerprint density at radius 3 is 2.19 bits per heavy atom. The number of hydroxylamine groups is 1. The van der Waals surface area contributed by atoms with E-state index < -0.39 is 35.8 Å². The number of amides is 2. The lowest BCUT2D eigenvalue weighted by atomic mass is 9.88. The van der Waals surface area contributed by atoms with Crippen molar-refractivity contribution in [3.05, 3.63) is 94.5 Å². The van der Waals surface area contributed by atoms with Gasteiger partial charge in [-0.1, -0.05) is 52.3 Å². The summed E-state index contributed by atoms with van der Waals surface area (Å²) in [5, 5.41) is 11.3. The molecule has 2 aliphatic rings. The minimum Gasteiger partial charge on any atom is -0.478 e. The number of hydrogen-bond acceptors (Lipinski definition) is 5. The Labute approximate surface area is 191 Å². The molecule has 0 spiro atoms. The average Bonchev–Trinajstić information content (AvgIpc) is 3.31. The van der Waals surface area contributed by atoms with Gasteiger partial charge in [0, 0.05) is 4.47 Å². The molecule has 2 aliphatic heterocycles. The Morgan fingerprint density at radius 1 is 0.844 bits per heavy atom. The Balaban J connectivity index is 1.63. The number of carboxylic acids is 1. The highest BCUT2D eigenvalue weighted by molar-refractivity contribution is 9.10. The molecule has 2 saturated heterocycles. The molecule has 5 rings (SSSR count). The summed E-state index contributed by atoms with van der Waals surface area (Å²) < 4.78 is 0.820. The number of rotatable bonds is 4. The van der Waals surface area contributed by atoms with Gasteiger partial charge in [0.05, 0.1) is 23.0 Å². The number of nitrogens with zero attached hydrogens (tertiary/aromatic N) is 2. The van der Waals surface area contributed by atoms with E-state index in [0.29, 0.717) is 16.9 Å². The van der Waals surface area contributed by atoms with Crippen molar-refractivity contribution in [2.75, 3.05) is 9.96 Å². The van der Waals surface area contributed by atoms with Crippen LogP contribution >= 0.6 is 15.9 Å². The highest BCUT2D eigenvalue weighted by Crippen LogP contribution is 2.48. The predicted molar refractivity (Wildman–Crippen MR) is 120 cm³/mol. The standard InChI is InChI=1S/C24H17BrN2O5/c25-14-10-12-15(13-11-14)26-22(28)19-20(17-8-4-5-9-18(17)24(30)31)27(32-21(19)23(26)29)16-6-2-1-3-7-16/h1-13,19-21H,(H,30,31)/t19-,20+,21+/m1/s1. The number of carboxylic acid groups (broad SMARTS) is 1. The second-order valence-electron chi connectivity index (χ2n) is 7.54. The summed E-state index contributed by atoms with van der Waals surface area (Å²) in [5.41, 5.74) is 1.54. The van der Waals surface area contributed by atoms with E-state index in [0.717, 1.165) is 9.37 Å². The van der Waals surface area contributed by atoms with Gasteiger partial charge < -0.3 is 5.11 Å². The van der Waals surface area contributed by atoms with E-state index in [1.165, 1.54) is 11.1 Å². The quantitative estimate of drug-likeness (QED) is 0.549. The fourth-order valence-electron chi connectivity index (χ4n) is 4.32. The van der Waals surface area contributed by atoms with Crippen molar-refractivity contribution in [2.45, 2.75) is 12.1 Å². The fraction of sp³-hybridized carbons (Fsp3) is 0.125. The molecule has 2 heterocycles. The fourth-order valence-corrected chi connectivity index (χ4v) is 4.59. The maximum absolute atomic E-state index is 13.6. The van der Waals surface area contributed by atoms with Crippen LogP contribution in [0.5, 0.6) is 0 Å². The summed E-state index contributed by atoms with van der Waals surface area (Å²) in [7, 11) is 0. The molecule has 0 unspecified atom stereocenters. The summed E-state index contributed by atoms with van der Waals surface area (Å²) in [6, 6.07) is 21.6. The van der Waals surface area contributed by atoms with E-state index in [1.54, 1.807) is 54.6 Å². The first-order valence-corrected chi connectivity index (χ1v) is 10.7. The number of hydrogen-bond donors (Lipinski definition) is 1. The summed E-state index contributed by atoms with van der Waals surface area (Å²) in [4.78, 5) is 46.0. The number of para-hydroxylation sites is 1. The van der Waals surface area contributed by atoms with Crippen LogP contribution in [0.4, 0.5) is 11.4 Å². The van der Waals surface area contributed by atoms with E-state index in [-0.39, 0.29) is 5.56 Å². The molecule has 3 atom stereocenters. The van der Waals surface area contributed by atoms with Crippen LogP contribution in [0.25, 0.3) is 0 Å². The van der Waals surface area contributed by atoms with Gasteiger partial charge in [0.1, 0.15) is 5.92 Å². The van der Waals surface area contributed by atoms with Gasteiger partial charge in [-0.3, -0.25) is 14.4 Å². The monoisotopic (exact) mass is 492 g/mol. The van der Waals surface area contributed by atoms with Crippen molar-refractivity contribution in [3.8, 4) is 0 Å². The third-order valence-corrected chi connectivity index (χ3v) is 6.25. The lowest BCUT2D eigenvalue weighted by Crippen LogP contribution is -2.37. The number of fused-ring (bicyclic) bond motifs is 1. The lowest BCUT2D eigenvalue weighted by molar-refractivity contribution is -0.126. The van der Waals surface area contributed by atoms with Crippen molar-refractivity contribution in [3.63, 3.8) is 0 Å². The molecule has 0 aromatic heterocycles. The first kappa shape index (κ1) is 20.4. The number of halogens is 1. The molecule has 32 heavy (non-hydrogen) atoms. The average molecular weight is 493 g/mol. The van der Waals surface area contributed by atoms with Crippen LogP contribution in [0.2, 0.25) is 0 Å². The zero-order chi connectivity index (χ0) is 22.4. The topological polar surface area (TPSA) is 87.2 Å². The van der Waals surface area contributed by atoms with E-state index in [2.05, 4.69) is 15.9 Å². The third kappa shape index (κ3) is 3.19. The van der Waals surface area contributed by atoms with Gasteiger partial charge in [0.2, 0.25) is 5.91 Å².